The number of aromatic nitrogens is 1. The summed E-state index contributed by atoms with van der Waals surface area (Å²) < 4.78 is 25.4. The van der Waals surface area contributed by atoms with Crippen LogP contribution in [0.1, 0.15) is 35.6 Å². The van der Waals surface area contributed by atoms with E-state index in [0.717, 1.165) is 35.6 Å². The first-order valence-electron chi connectivity index (χ1n) is 8.63. The van der Waals surface area contributed by atoms with E-state index in [0.29, 0.717) is 12.2 Å². The molecule has 0 unspecified atom stereocenters. The number of nitrogens with one attached hydrogen (secondary N) is 1. The second-order valence-electron chi connectivity index (χ2n) is 6.61. The lowest BCUT2D eigenvalue weighted by Crippen LogP contribution is -2.30. The van der Waals surface area contributed by atoms with E-state index in [-0.39, 0.29) is 16.2 Å². The zero-order chi connectivity index (χ0) is 18.7. The van der Waals surface area contributed by atoms with Crippen LogP contribution in [0.2, 0.25) is 0 Å². The van der Waals surface area contributed by atoms with Crippen LogP contribution in [-0.2, 0) is 16.4 Å². The number of rotatable bonds is 5. The molecule has 140 valence electrons. The van der Waals surface area contributed by atoms with Gasteiger partial charge in [0.25, 0.3) is 0 Å². The smallest absolute Gasteiger partial charge is 0.321 e. The van der Waals surface area contributed by atoms with Crippen molar-refractivity contribution in [3.05, 3.63) is 40.3 Å². The van der Waals surface area contributed by atoms with Crippen LogP contribution in [0, 0.1) is 6.92 Å². The fourth-order valence-electron chi connectivity index (χ4n) is 3.14. The zero-order valence-electron chi connectivity index (χ0n) is 14.9. The number of nitrogens with zero attached hydrogens (tertiary/aromatic N) is 2. The number of hydrogen-bond acceptors (Lipinski definition) is 5. The van der Waals surface area contributed by atoms with Crippen LogP contribution in [0.4, 0.5) is 10.5 Å². The summed E-state index contributed by atoms with van der Waals surface area (Å²) in [7, 11) is -1.64. The van der Waals surface area contributed by atoms with Gasteiger partial charge in [-0.25, -0.2) is 18.2 Å². The molecule has 1 fully saturated rings. The molecule has 0 spiro atoms. The number of urea groups is 1. The van der Waals surface area contributed by atoms with Crippen molar-refractivity contribution >= 4 is 32.9 Å². The Morgan fingerprint density at radius 3 is 2.73 bits per heavy atom. The molecule has 3 rings (SSSR count). The molecular weight excluding hydrogens is 370 g/mol. The third-order valence-corrected chi connectivity index (χ3v) is 7.72. The molecule has 6 nitrogen and oxygen atoms in total. The van der Waals surface area contributed by atoms with Gasteiger partial charge in [0.15, 0.2) is 9.84 Å². The van der Waals surface area contributed by atoms with Crippen LogP contribution in [0.5, 0.6) is 0 Å². The van der Waals surface area contributed by atoms with Crippen molar-refractivity contribution in [3.8, 4) is 0 Å². The maximum Gasteiger partial charge on any atom is 0.321 e. The molecule has 8 heteroatoms. The van der Waals surface area contributed by atoms with Gasteiger partial charge in [-0.2, -0.15) is 0 Å². The van der Waals surface area contributed by atoms with Crippen LogP contribution in [0.25, 0.3) is 0 Å². The lowest BCUT2D eigenvalue weighted by Gasteiger charge is -2.18. The zero-order valence-corrected chi connectivity index (χ0v) is 16.6. The highest BCUT2D eigenvalue weighted by atomic mass is 32.2. The van der Waals surface area contributed by atoms with Crippen LogP contribution in [0.15, 0.2) is 35.4 Å². The molecule has 0 radical (unpaired) electrons. The minimum Gasteiger partial charge on any atom is -0.322 e. The van der Waals surface area contributed by atoms with Gasteiger partial charge in [-0.3, -0.25) is 0 Å². The van der Waals surface area contributed by atoms with E-state index in [1.807, 2.05) is 6.92 Å². The lowest BCUT2D eigenvalue weighted by molar-refractivity contribution is 0.221. The molecule has 0 bridgehead atoms. The summed E-state index contributed by atoms with van der Waals surface area (Å²) >= 11 is 1.55. The molecule has 1 aromatic carbocycles. The lowest BCUT2D eigenvalue weighted by atomic mass is 10.3. The quantitative estimate of drug-likeness (QED) is 0.837. The minimum absolute atomic E-state index is 0.280. The molecule has 1 aliphatic carbocycles. The normalized spacial score (nSPS) is 15.2. The van der Waals surface area contributed by atoms with Crippen molar-refractivity contribution in [2.45, 2.75) is 49.3 Å². The number of aryl methyl sites for hydroxylation is 1. The molecule has 1 heterocycles. The number of carbonyl (C=O) groups excluding carboxylic acids is 1. The maximum absolute atomic E-state index is 12.7. The Hall–Kier alpha value is -1.93. The first-order valence-corrected chi connectivity index (χ1v) is 11.0. The van der Waals surface area contributed by atoms with E-state index in [2.05, 4.69) is 10.3 Å². The maximum atomic E-state index is 12.7. The number of anilines is 1. The van der Waals surface area contributed by atoms with Gasteiger partial charge in [0.1, 0.15) is 0 Å². The number of carbonyl (C=O) groups is 1. The number of hydrogen-bond donors (Lipinski definition) is 1. The van der Waals surface area contributed by atoms with Gasteiger partial charge in [0.2, 0.25) is 0 Å². The molecule has 1 aliphatic rings. The van der Waals surface area contributed by atoms with Crippen molar-refractivity contribution in [1.82, 2.24) is 9.88 Å². The van der Waals surface area contributed by atoms with Gasteiger partial charge in [-0.05, 0) is 38.0 Å². The van der Waals surface area contributed by atoms with E-state index in [9.17, 15) is 13.2 Å². The number of amides is 2. The molecule has 0 aliphatic heterocycles. The topological polar surface area (TPSA) is 79.4 Å². The molecule has 1 saturated carbocycles. The van der Waals surface area contributed by atoms with E-state index in [1.54, 1.807) is 53.7 Å². The second kappa shape index (κ2) is 7.75. The SMILES string of the molecule is Cc1ncc(CN(C)C(=O)Nc2cccc(S(=O)(=O)C3CCCC3)c2)s1. The van der Waals surface area contributed by atoms with Gasteiger partial charge in [-0.1, -0.05) is 18.9 Å². The molecular formula is C18H23N3O3S2. The average molecular weight is 394 g/mol. The van der Waals surface area contributed by atoms with Gasteiger partial charge in [-0.15, -0.1) is 11.3 Å². The number of benzene rings is 1. The fraction of sp³-hybridized carbons (Fsp3) is 0.444. The third kappa shape index (κ3) is 4.24. The molecule has 2 aromatic rings. The predicted molar refractivity (Wildman–Crippen MR) is 103 cm³/mol. The summed E-state index contributed by atoms with van der Waals surface area (Å²) in [5.74, 6) is 0. The van der Waals surface area contributed by atoms with Crippen LogP contribution >= 0.6 is 11.3 Å². The fourth-order valence-corrected chi connectivity index (χ4v) is 5.89. The summed E-state index contributed by atoms with van der Waals surface area (Å²) in [6.07, 6.45) is 5.12. The third-order valence-electron chi connectivity index (χ3n) is 4.56. The van der Waals surface area contributed by atoms with Crippen molar-refractivity contribution in [2.75, 3.05) is 12.4 Å². The summed E-state index contributed by atoms with van der Waals surface area (Å²) in [5.41, 5.74) is 0.487. The van der Waals surface area contributed by atoms with Gasteiger partial charge in [0, 0.05) is 23.8 Å². The average Bonchev–Trinajstić information content (AvgIpc) is 3.27. The first kappa shape index (κ1) is 18.8. The molecule has 0 saturated heterocycles. The Balaban J connectivity index is 1.69. The highest BCUT2D eigenvalue weighted by Gasteiger charge is 2.30. The van der Waals surface area contributed by atoms with Crippen LogP contribution < -0.4 is 5.32 Å². The van der Waals surface area contributed by atoms with Crippen molar-refractivity contribution < 1.29 is 13.2 Å². The molecule has 1 aromatic heterocycles. The largest absolute Gasteiger partial charge is 0.322 e. The Morgan fingerprint density at radius 2 is 2.08 bits per heavy atom. The standard InChI is InChI=1S/C18H23N3O3S2/c1-13-19-11-15(25-13)12-21(2)18(22)20-14-6-5-9-17(10-14)26(23,24)16-7-3-4-8-16/h5-6,9-11,16H,3-4,7-8,12H2,1-2H3,(H,20,22). The van der Waals surface area contributed by atoms with Crippen LogP contribution in [-0.4, -0.2) is 36.6 Å². The summed E-state index contributed by atoms with van der Waals surface area (Å²) in [6.45, 7) is 2.38. The van der Waals surface area contributed by atoms with Crippen molar-refractivity contribution in [2.24, 2.45) is 0 Å². The predicted octanol–water partition coefficient (Wildman–Crippen LogP) is 3.83. The van der Waals surface area contributed by atoms with Crippen molar-refractivity contribution in [3.63, 3.8) is 0 Å². The highest BCUT2D eigenvalue weighted by molar-refractivity contribution is 7.92. The summed E-state index contributed by atoms with van der Waals surface area (Å²) in [4.78, 5) is 19.4. The summed E-state index contributed by atoms with van der Waals surface area (Å²) in [6, 6.07) is 6.25. The first-order chi connectivity index (χ1) is 12.4. The van der Waals surface area contributed by atoms with Gasteiger partial charge < -0.3 is 10.2 Å². The number of thiazole rings is 1. The van der Waals surface area contributed by atoms with Crippen molar-refractivity contribution in [1.29, 1.82) is 0 Å². The molecule has 0 atom stereocenters. The highest BCUT2D eigenvalue weighted by Crippen LogP contribution is 2.30. The van der Waals surface area contributed by atoms with E-state index < -0.39 is 9.84 Å². The monoisotopic (exact) mass is 393 g/mol. The Kier molecular flexibility index (Phi) is 5.62. The van der Waals surface area contributed by atoms with E-state index in [1.165, 1.54) is 0 Å². The second-order valence-corrected chi connectivity index (χ2v) is 10.2. The van der Waals surface area contributed by atoms with Gasteiger partial charge in [0.05, 0.1) is 21.7 Å². The minimum atomic E-state index is -3.33. The Labute approximate surface area is 158 Å². The van der Waals surface area contributed by atoms with Gasteiger partial charge >= 0.3 is 6.03 Å². The molecule has 1 N–H and O–H groups in total. The van der Waals surface area contributed by atoms with E-state index >= 15 is 0 Å². The number of sulfone groups is 1. The Morgan fingerprint density at radius 1 is 1.35 bits per heavy atom. The Bertz CT molecular complexity index is 887. The summed E-state index contributed by atoms with van der Waals surface area (Å²) in [5, 5.41) is 3.44. The van der Waals surface area contributed by atoms with E-state index in [4.69, 9.17) is 0 Å². The molecule has 2 amide bonds. The molecule has 26 heavy (non-hydrogen) atoms. The van der Waals surface area contributed by atoms with Crippen LogP contribution in [0.3, 0.4) is 0 Å².